The summed E-state index contributed by atoms with van der Waals surface area (Å²) < 4.78 is 0. The first-order valence-corrected chi connectivity index (χ1v) is 3.38. The van der Waals surface area contributed by atoms with Gasteiger partial charge in [-0.25, -0.2) is 0 Å². The van der Waals surface area contributed by atoms with Gasteiger partial charge in [-0.15, -0.1) is 0 Å². The maximum absolute atomic E-state index is 10.3. The summed E-state index contributed by atoms with van der Waals surface area (Å²) >= 11 is 0. The second-order valence-electron chi connectivity index (χ2n) is 2.71. The zero-order valence-electron chi connectivity index (χ0n) is 5.95. The van der Waals surface area contributed by atoms with Crippen LogP contribution in [-0.4, -0.2) is 23.9 Å². The van der Waals surface area contributed by atoms with Gasteiger partial charge in [-0.2, -0.15) is 5.26 Å². The van der Waals surface area contributed by atoms with Crippen LogP contribution in [0.15, 0.2) is 0 Å². The normalized spacial score (nSPS) is 31.8. The lowest BCUT2D eigenvalue weighted by atomic mass is 10.1. The molecule has 1 aliphatic heterocycles. The molecule has 1 amide bonds. The average molecular weight is 138 g/mol. The third-order valence-electron chi connectivity index (χ3n) is 1.94. The molecular weight excluding hydrogens is 128 g/mol. The van der Waals surface area contributed by atoms with E-state index in [0.717, 1.165) is 12.8 Å². The largest absolute Gasteiger partial charge is 0.341 e. The van der Waals surface area contributed by atoms with Gasteiger partial charge in [0.25, 0.3) is 0 Å². The Morgan fingerprint density at radius 3 is 2.80 bits per heavy atom. The van der Waals surface area contributed by atoms with E-state index in [-0.39, 0.29) is 12.0 Å². The third-order valence-corrected chi connectivity index (χ3v) is 1.94. The maximum atomic E-state index is 10.3. The summed E-state index contributed by atoms with van der Waals surface area (Å²) in [5.41, 5.74) is 0. The Kier molecular flexibility index (Phi) is 1.91. The van der Waals surface area contributed by atoms with E-state index in [1.165, 1.54) is 0 Å². The Morgan fingerprint density at radius 2 is 2.50 bits per heavy atom. The highest BCUT2D eigenvalue weighted by atomic mass is 16.1. The van der Waals surface area contributed by atoms with E-state index in [2.05, 4.69) is 6.07 Å². The summed E-state index contributed by atoms with van der Waals surface area (Å²) in [5, 5.41) is 8.50. The molecule has 2 unspecified atom stereocenters. The van der Waals surface area contributed by atoms with Crippen molar-refractivity contribution in [2.24, 2.45) is 5.92 Å². The first kappa shape index (κ1) is 7.07. The Hall–Kier alpha value is -1.04. The van der Waals surface area contributed by atoms with Gasteiger partial charge in [-0.05, 0) is 13.3 Å². The van der Waals surface area contributed by atoms with Gasteiger partial charge in [-0.1, -0.05) is 0 Å². The van der Waals surface area contributed by atoms with Crippen molar-refractivity contribution in [3.05, 3.63) is 0 Å². The van der Waals surface area contributed by atoms with Crippen LogP contribution >= 0.6 is 0 Å². The molecular formula is C7H10N2O. The van der Waals surface area contributed by atoms with Crippen LogP contribution in [0, 0.1) is 17.2 Å². The summed E-state index contributed by atoms with van der Waals surface area (Å²) in [6.45, 7) is 2.58. The Labute approximate surface area is 60.2 Å². The topological polar surface area (TPSA) is 44.1 Å². The van der Waals surface area contributed by atoms with Crippen LogP contribution in [-0.2, 0) is 4.79 Å². The van der Waals surface area contributed by atoms with Crippen molar-refractivity contribution in [3.63, 3.8) is 0 Å². The summed E-state index contributed by atoms with van der Waals surface area (Å²) in [4.78, 5) is 12.0. The Morgan fingerprint density at radius 1 is 1.80 bits per heavy atom. The number of hydrogen-bond acceptors (Lipinski definition) is 2. The number of rotatable bonds is 1. The number of hydrogen-bond donors (Lipinski definition) is 0. The maximum Gasteiger partial charge on any atom is 0.209 e. The minimum Gasteiger partial charge on any atom is -0.341 e. The molecule has 0 bridgehead atoms. The third kappa shape index (κ3) is 1.10. The van der Waals surface area contributed by atoms with Crippen LogP contribution in [0.2, 0.25) is 0 Å². The summed E-state index contributed by atoms with van der Waals surface area (Å²) in [7, 11) is 0. The molecule has 1 heterocycles. The van der Waals surface area contributed by atoms with Gasteiger partial charge in [0.2, 0.25) is 6.41 Å². The molecule has 1 aliphatic rings. The van der Waals surface area contributed by atoms with Crippen LogP contribution in [0.25, 0.3) is 0 Å². The highest BCUT2D eigenvalue weighted by Gasteiger charge is 2.27. The fourth-order valence-corrected chi connectivity index (χ4v) is 1.30. The van der Waals surface area contributed by atoms with Crippen molar-refractivity contribution in [1.82, 2.24) is 4.90 Å². The molecule has 0 N–H and O–H groups in total. The molecule has 0 aliphatic carbocycles. The quantitative estimate of drug-likeness (QED) is 0.491. The van der Waals surface area contributed by atoms with Gasteiger partial charge in [-0.3, -0.25) is 4.79 Å². The van der Waals surface area contributed by atoms with Gasteiger partial charge in [0.1, 0.15) is 0 Å². The standard InChI is InChI=1S/C7H10N2O/c1-6-2-7(3-8)4-9(6)5-10/h5-7H,2,4H2,1H3. The van der Waals surface area contributed by atoms with E-state index in [9.17, 15) is 4.79 Å². The van der Waals surface area contributed by atoms with Gasteiger partial charge in [0, 0.05) is 12.6 Å². The number of likely N-dealkylation sites (tertiary alicyclic amines) is 1. The molecule has 0 aromatic carbocycles. The molecule has 0 saturated carbocycles. The Balaban J connectivity index is 2.53. The van der Waals surface area contributed by atoms with Crippen LogP contribution in [0.5, 0.6) is 0 Å². The number of carbonyl (C=O) groups is 1. The highest BCUT2D eigenvalue weighted by molar-refractivity contribution is 5.48. The van der Waals surface area contributed by atoms with E-state index < -0.39 is 0 Å². The predicted octanol–water partition coefficient (Wildman–Crippen LogP) is 0.377. The van der Waals surface area contributed by atoms with Crippen LogP contribution in [0.1, 0.15) is 13.3 Å². The Bertz CT molecular complexity index is 173. The van der Waals surface area contributed by atoms with Crippen molar-refractivity contribution in [3.8, 4) is 6.07 Å². The fourth-order valence-electron chi connectivity index (χ4n) is 1.30. The SMILES string of the molecule is CC1CC(C#N)CN1C=O. The van der Waals surface area contributed by atoms with E-state index in [1.54, 1.807) is 4.90 Å². The van der Waals surface area contributed by atoms with E-state index in [4.69, 9.17) is 5.26 Å². The summed E-state index contributed by atoms with van der Waals surface area (Å²) in [5.74, 6) is 0.0557. The van der Waals surface area contributed by atoms with Crippen LogP contribution in [0.3, 0.4) is 0 Å². The molecule has 10 heavy (non-hydrogen) atoms. The first-order valence-electron chi connectivity index (χ1n) is 3.38. The minimum atomic E-state index is 0.0557. The van der Waals surface area contributed by atoms with Gasteiger partial charge < -0.3 is 4.90 Å². The molecule has 3 nitrogen and oxygen atoms in total. The van der Waals surface area contributed by atoms with Crippen molar-refractivity contribution in [2.45, 2.75) is 19.4 Å². The van der Waals surface area contributed by atoms with Gasteiger partial charge >= 0.3 is 0 Å². The van der Waals surface area contributed by atoms with Crippen LogP contribution in [0.4, 0.5) is 0 Å². The highest BCUT2D eigenvalue weighted by Crippen LogP contribution is 2.19. The van der Waals surface area contributed by atoms with Gasteiger partial charge in [0.05, 0.1) is 12.0 Å². The van der Waals surface area contributed by atoms with E-state index >= 15 is 0 Å². The van der Waals surface area contributed by atoms with E-state index in [0.29, 0.717) is 6.54 Å². The number of nitrogens with zero attached hydrogens (tertiary/aromatic N) is 2. The molecule has 1 fully saturated rings. The number of nitriles is 1. The lowest BCUT2D eigenvalue weighted by Crippen LogP contribution is -2.24. The fraction of sp³-hybridized carbons (Fsp3) is 0.714. The zero-order valence-corrected chi connectivity index (χ0v) is 5.95. The molecule has 2 atom stereocenters. The summed E-state index contributed by atoms with van der Waals surface area (Å²) in [6.07, 6.45) is 1.65. The van der Waals surface area contributed by atoms with Crippen LogP contribution < -0.4 is 0 Å². The molecule has 0 aromatic heterocycles. The average Bonchev–Trinajstić information content (AvgIpc) is 2.30. The number of amides is 1. The molecule has 0 radical (unpaired) electrons. The minimum absolute atomic E-state index is 0.0557. The zero-order chi connectivity index (χ0) is 7.56. The lowest BCUT2D eigenvalue weighted by Gasteiger charge is -2.13. The van der Waals surface area contributed by atoms with Crippen molar-refractivity contribution in [1.29, 1.82) is 5.26 Å². The molecule has 1 rings (SSSR count). The second kappa shape index (κ2) is 2.70. The molecule has 54 valence electrons. The first-order chi connectivity index (χ1) is 4.77. The molecule has 0 spiro atoms. The van der Waals surface area contributed by atoms with Crippen molar-refractivity contribution in [2.75, 3.05) is 6.54 Å². The lowest BCUT2D eigenvalue weighted by molar-refractivity contribution is -0.118. The molecule has 1 saturated heterocycles. The second-order valence-corrected chi connectivity index (χ2v) is 2.71. The molecule has 0 aromatic rings. The smallest absolute Gasteiger partial charge is 0.209 e. The summed E-state index contributed by atoms with van der Waals surface area (Å²) in [6, 6.07) is 2.41. The molecule has 3 heteroatoms. The van der Waals surface area contributed by atoms with E-state index in [1.807, 2.05) is 6.92 Å². The van der Waals surface area contributed by atoms with Gasteiger partial charge in [0.15, 0.2) is 0 Å². The van der Waals surface area contributed by atoms with Crippen molar-refractivity contribution >= 4 is 6.41 Å². The monoisotopic (exact) mass is 138 g/mol. The predicted molar refractivity (Wildman–Crippen MR) is 36.0 cm³/mol. The van der Waals surface area contributed by atoms with Crippen molar-refractivity contribution < 1.29 is 4.79 Å². The number of carbonyl (C=O) groups excluding carboxylic acids is 1.